The molecule has 1 heterocycles. The van der Waals surface area contributed by atoms with Gasteiger partial charge in [0, 0.05) is 11.1 Å². The van der Waals surface area contributed by atoms with E-state index in [-0.39, 0.29) is 23.0 Å². The number of alkyl halides is 3. The number of aliphatic imine (C=N–C) groups is 1. The van der Waals surface area contributed by atoms with Gasteiger partial charge in [0.05, 0.1) is 18.4 Å². The van der Waals surface area contributed by atoms with Gasteiger partial charge in [-0.15, -0.1) is 0 Å². The van der Waals surface area contributed by atoms with Gasteiger partial charge in [-0.1, -0.05) is 66.2 Å². The summed E-state index contributed by atoms with van der Waals surface area (Å²) in [5.41, 5.74) is 3.30. The number of rotatable bonds is 4. The van der Waals surface area contributed by atoms with Crippen LogP contribution in [0, 0.1) is 19.3 Å². The lowest BCUT2D eigenvalue weighted by molar-refractivity contribution is -0.137. The van der Waals surface area contributed by atoms with Gasteiger partial charge in [0.2, 0.25) is 0 Å². The fourth-order valence-electron chi connectivity index (χ4n) is 4.09. The lowest BCUT2D eigenvalue weighted by Crippen LogP contribution is -2.32. The molecule has 2 radical (unpaired) electrons. The molecule has 5 rings (SSSR count). The number of hydrogen-bond acceptors (Lipinski definition) is 3. The van der Waals surface area contributed by atoms with E-state index in [1.54, 1.807) is 18.2 Å². The largest absolute Gasteiger partial charge is 0.495 e. The predicted molar refractivity (Wildman–Crippen MR) is 132 cm³/mol. The van der Waals surface area contributed by atoms with Crippen LogP contribution in [0.5, 0.6) is 5.75 Å². The van der Waals surface area contributed by atoms with E-state index in [2.05, 4.69) is 17.6 Å². The molecule has 36 heavy (non-hydrogen) atoms. The smallest absolute Gasteiger partial charge is 0.416 e. The molecule has 3 nitrogen and oxygen atoms in total. The summed E-state index contributed by atoms with van der Waals surface area (Å²) in [5.74, 6) is -0.134. The third-order valence-electron chi connectivity index (χ3n) is 5.89. The Labute approximate surface area is 206 Å². The van der Waals surface area contributed by atoms with Gasteiger partial charge in [0.1, 0.15) is 29.6 Å². The molecule has 1 aliphatic heterocycles. The third-order valence-corrected chi connectivity index (χ3v) is 5.89. The fraction of sp³-hybridized carbons (Fsp3) is 0.103. The van der Waals surface area contributed by atoms with Crippen LogP contribution < -0.4 is 9.64 Å². The summed E-state index contributed by atoms with van der Waals surface area (Å²) in [4.78, 5) is 5.91. The fourth-order valence-corrected chi connectivity index (χ4v) is 4.09. The Morgan fingerprint density at radius 2 is 1.56 bits per heavy atom. The maximum Gasteiger partial charge on any atom is 0.416 e. The highest BCUT2D eigenvalue weighted by molar-refractivity contribution is 6.14. The first-order valence-corrected chi connectivity index (χ1v) is 11.1. The zero-order valence-electron chi connectivity index (χ0n) is 19.4. The molecule has 0 spiro atoms. The maximum atomic E-state index is 14.6. The highest BCUT2D eigenvalue weighted by atomic mass is 19.4. The molecule has 0 aromatic heterocycles. The molecule has 4 aromatic carbocycles. The Bertz CT molecular complexity index is 1460. The van der Waals surface area contributed by atoms with Gasteiger partial charge in [-0.2, -0.15) is 13.2 Å². The average Bonchev–Trinajstić information content (AvgIpc) is 2.87. The van der Waals surface area contributed by atoms with E-state index in [0.717, 1.165) is 28.8 Å². The van der Waals surface area contributed by atoms with E-state index < -0.39 is 17.6 Å². The topological polar surface area (TPSA) is 24.8 Å². The van der Waals surface area contributed by atoms with Gasteiger partial charge in [0.15, 0.2) is 0 Å². The highest BCUT2D eigenvalue weighted by Gasteiger charge is 2.34. The number of ether oxygens (including phenoxy) is 1. The van der Waals surface area contributed by atoms with E-state index in [9.17, 15) is 17.6 Å². The first-order valence-electron chi connectivity index (χ1n) is 11.1. The number of hydrogen-bond donors (Lipinski definition) is 0. The first kappa shape index (κ1) is 23.6. The maximum absolute atomic E-state index is 14.6. The second kappa shape index (κ2) is 9.15. The molecule has 0 saturated heterocycles. The predicted octanol–water partition coefficient (Wildman–Crippen LogP) is 7.81. The molecule has 4 aromatic rings. The number of halogens is 4. The van der Waals surface area contributed by atoms with E-state index >= 15 is 0 Å². The number of aryl methyl sites for hydroxylation is 1. The van der Waals surface area contributed by atoms with Gasteiger partial charge in [-0.05, 0) is 42.3 Å². The Morgan fingerprint density at radius 1 is 0.833 bits per heavy atom. The summed E-state index contributed by atoms with van der Waals surface area (Å²) in [6.45, 7) is 5.03. The van der Waals surface area contributed by atoms with E-state index in [0.29, 0.717) is 11.1 Å². The van der Waals surface area contributed by atoms with Gasteiger partial charge < -0.3 is 9.64 Å². The molecule has 0 amide bonds. The number of nitrogens with zero attached hydrogens (tertiary/aromatic N) is 2. The zero-order valence-corrected chi connectivity index (χ0v) is 19.4. The van der Waals surface area contributed by atoms with Gasteiger partial charge in [-0.3, -0.25) is 0 Å². The molecule has 0 unspecified atom stereocenters. The minimum absolute atomic E-state index is 0.0671. The summed E-state index contributed by atoms with van der Waals surface area (Å²) < 4.78 is 60.7. The van der Waals surface area contributed by atoms with Gasteiger partial charge in [-0.25, -0.2) is 9.38 Å². The van der Waals surface area contributed by atoms with Crippen molar-refractivity contribution < 1.29 is 22.3 Å². The summed E-state index contributed by atoms with van der Waals surface area (Å²) >= 11 is 0. The summed E-state index contributed by atoms with van der Waals surface area (Å²) in [7, 11) is 1.37. The number of benzene rings is 4. The van der Waals surface area contributed by atoms with Crippen molar-refractivity contribution >= 4 is 17.2 Å². The number of anilines is 1. The monoisotopic (exact) mass is 488 g/mol. The highest BCUT2D eigenvalue weighted by Crippen LogP contribution is 2.41. The van der Waals surface area contributed by atoms with Crippen molar-refractivity contribution in [1.29, 1.82) is 0 Å². The lowest BCUT2D eigenvalue weighted by Gasteiger charge is -2.31. The summed E-state index contributed by atoms with van der Waals surface area (Å²) in [6.07, 6.45) is -4.56. The van der Waals surface area contributed by atoms with Crippen LogP contribution in [0.2, 0.25) is 0 Å². The minimum atomic E-state index is -4.56. The molecular formula is C29H20F4N2O. The molecular weight excluding hydrogens is 468 g/mol. The van der Waals surface area contributed by atoms with Crippen LogP contribution in [-0.4, -0.2) is 12.9 Å². The molecule has 0 bridgehead atoms. The standard InChI is InChI=1S/C29H20F4N2O/c1-18-5-3-6-21(15-18)19-9-11-20(12-10-19)28-34-27-22(7-4-8-24(27)30)17-35(28)25-16-23(29(31,32)33)13-14-26(25)36-2/h3-16H,1-2H3. The Hall–Kier alpha value is -4.13. The number of fused-ring (bicyclic) bond motifs is 1. The van der Waals surface area contributed by atoms with Crippen molar-refractivity contribution in [2.75, 3.05) is 12.0 Å². The second-order valence-corrected chi connectivity index (χ2v) is 8.35. The molecule has 180 valence electrons. The molecule has 0 N–H and O–H groups in total. The van der Waals surface area contributed by atoms with Crippen molar-refractivity contribution in [3.63, 3.8) is 0 Å². The van der Waals surface area contributed by atoms with Crippen LogP contribution in [0.4, 0.5) is 28.9 Å². The quantitative estimate of drug-likeness (QED) is 0.274. The normalized spacial score (nSPS) is 13.3. The Kier molecular flexibility index (Phi) is 6.00. The van der Waals surface area contributed by atoms with Crippen LogP contribution in [0.15, 0.2) is 89.9 Å². The average molecular weight is 488 g/mol. The van der Waals surface area contributed by atoms with Crippen LogP contribution in [0.3, 0.4) is 0 Å². The van der Waals surface area contributed by atoms with Crippen LogP contribution in [0.1, 0.15) is 22.3 Å². The zero-order chi connectivity index (χ0) is 25.4. The molecule has 1 aliphatic rings. The second-order valence-electron chi connectivity index (χ2n) is 8.35. The SMILES string of the molecule is COc1ccc(C(F)(F)F)cc1N1[C]c2cccc(F)c2N=C1c1ccc(-c2cccc(C)c2)cc1. The minimum Gasteiger partial charge on any atom is -0.495 e. The van der Waals surface area contributed by atoms with Crippen molar-refractivity contribution in [3.8, 4) is 16.9 Å². The third kappa shape index (κ3) is 4.44. The van der Waals surface area contributed by atoms with E-state index in [1.165, 1.54) is 30.2 Å². The lowest BCUT2D eigenvalue weighted by atomic mass is 10.0. The van der Waals surface area contributed by atoms with Crippen molar-refractivity contribution in [3.05, 3.63) is 120 Å². The molecule has 0 fully saturated rings. The number of methoxy groups -OCH3 is 1. The van der Waals surface area contributed by atoms with Gasteiger partial charge in [0.25, 0.3) is 0 Å². The van der Waals surface area contributed by atoms with Crippen molar-refractivity contribution in [2.45, 2.75) is 13.1 Å². The molecule has 0 saturated carbocycles. The summed E-state index contributed by atoms with van der Waals surface area (Å²) in [6, 6.07) is 23.0. The molecule has 0 atom stereocenters. The number of para-hydroxylation sites is 1. The summed E-state index contributed by atoms with van der Waals surface area (Å²) in [5, 5.41) is 0. The van der Waals surface area contributed by atoms with Crippen LogP contribution >= 0.6 is 0 Å². The van der Waals surface area contributed by atoms with E-state index in [4.69, 9.17) is 4.74 Å². The van der Waals surface area contributed by atoms with Crippen molar-refractivity contribution in [1.82, 2.24) is 0 Å². The van der Waals surface area contributed by atoms with Crippen LogP contribution in [0.25, 0.3) is 11.1 Å². The Balaban J connectivity index is 1.65. The first-order chi connectivity index (χ1) is 17.2. The number of amidine groups is 1. The molecule has 0 aliphatic carbocycles. The molecule has 7 heteroatoms. The van der Waals surface area contributed by atoms with Gasteiger partial charge >= 0.3 is 6.18 Å². The van der Waals surface area contributed by atoms with Crippen LogP contribution in [-0.2, 0) is 6.18 Å². The van der Waals surface area contributed by atoms with Crippen molar-refractivity contribution in [2.24, 2.45) is 4.99 Å². The Morgan fingerprint density at radius 3 is 2.25 bits per heavy atom. The van der Waals surface area contributed by atoms with E-state index in [1.807, 2.05) is 37.3 Å².